The van der Waals surface area contributed by atoms with Gasteiger partial charge in [-0.1, -0.05) is 35.3 Å². The summed E-state index contributed by atoms with van der Waals surface area (Å²) in [6.07, 6.45) is 4.07. The lowest BCUT2D eigenvalue weighted by Gasteiger charge is -2.47. The van der Waals surface area contributed by atoms with Crippen LogP contribution in [0.3, 0.4) is 0 Å². The smallest absolute Gasteiger partial charge is 0.221 e. The van der Waals surface area contributed by atoms with Crippen LogP contribution in [0.4, 0.5) is 11.5 Å². The molecule has 172 valence electrons. The first-order valence-electron chi connectivity index (χ1n) is 11.3. The summed E-state index contributed by atoms with van der Waals surface area (Å²) in [4.78, 5) is 23.3. The SMILES string of the molecule is CC(=O)Nc1cnc(N2CCN(C3CCN(Cc4ccc(Cl)cc4)CC3)[C@@H](C)C2)c(Cl)c1. The lowest BCUT2D eigenvalue weighted by Crippen LogP contribution is -2.57. The first kappa shape index (κ1) is 23.3. The maximum Gasteiger partial charge on any atom is 0.221 e. The molecule has 0 unspecified atom stereocenters. The molecule has 1 N–H and O–H groups in total. The summed E-state index contributed by atoms with van der Waals surface area (Å²) in [5, 5.41) is 4.10. The fraction of sp³-hybridized carbons (Fsp3) is 0.500. The number of pyridine rings is 1. The maximum absolute atomic E-state index is 11.3. The molecule has 1 amide bonds. The summed E-state index contributed by atoms with van der Waals surface area (Å²) in [6, 6.07) is 11.0. The zero-order valence-corrected chi connectivity index (χ0v) is 20.2. The number of piperidine rings is 1. The van der Waals surface area contributed by atoms with E-state index < -0.39 is 0 Å². The zero-order chi connectivity index (χ0) is 22.7. The van der Waals surface area contributed by atoms with E-state index in [-0.39, 0.29) is 5.91 Å². The molecular weight excluding hydrogens is 445 g/mol. The van der Waals surface area contributed by atoms with Crippen LogP contribution in [-0.2, 0) is 11.3 Å². The third kappa shape index (κ3) is 5.73. The van der Waals surface area contributed by atoms with Crippen molar-refractivity contribution in [1.82, 2.24) is 14.8 Å². The van der Waals surface area contributed by atoms with Gasteiger partial charge in [-0.25, -0.2) is 4.98 Å². The topological polar surface area (TPSA) is 51.7 Å². The highest BCUT2D eigenvalue weighted by Gasteiger charge is 2.32. The maximum atomic E-state index is 11.3. The van der Waals surface area contributed by atoms with Crippen molar-refractivity contribution in [3.63, 3.8) is 0 Å². The quantitative estimate of drug-likeness (QED) is 0.688. The Bertz CT molecular complexity index is 930. The first-order valence-corrected chi connectivity index (χ1v) is 12.1. The molecular formula is C24H31Cl2N5O. The molecule has 2 aliphatic heterocycles. The molecule has 2 aliphatic rings. The lowest BCUT2D eigenvalue weighted by molar-refractivity contribution is -0.114. The molecule has 3 heterocycles. The fourth-order valence-corrected chi connectivity index (χ4v) is 5.31. The molecule has 8 heteroatoms. The van der Waals surface area contributed by atoms with Gasteiger partial charge in [-0.05, 0) is 56.6 Å². The van der Waals surface area contributed by atoms with Crippen molar-refractivity contribution in [1.29, 1.82) is 0 Å². The van der Waals surface area contributed by atoms with Gasteiger partial charge in [0.1, 0.15) is 5.82 Å². The number of benzene rings is 1. The van der Waals surface area contributed by atoms with Crippen LogP contribution in [-0.4, -0.2) is 65.5 Å². The number of amides is 1. The van der Waals surface area contributed by atoms with Crippen LogP contribution >= 0.6 is 23.2 Å². The largest absolute Gasteiger partial charge is 0.353 e. The highest BCUT2D eigenvalue weighted by Crippen LogP contribution is 2.30. The van der Waals surface area contributed by atoms with E-state index >= 15 is 0 Å². The number of rotatable bonds is 5. The van der Waals surface area contributed by atoms with E-state index in [2.05, 4.69) is 44.1 Å². The molecule has 2 aromatic rings. The Balaban J connectivity index is 1.29. The van der Waals surface area contributed by atoms with Crippen molar-refractivity contribution < 1.29 is 4.79 Å². The van der Waals surface area contributed by atoms with Gasteiger partial charge < -0.3 is 10.2 Å². The van der Waals surface area contributed by atoms with Crippen LogP contribution in [0.15, 0.2) is 36.5 Å². The standard InChI is InChI=1S/C24H31Cl2N5O/c1-17-15-30(24-23(26)13-21(14-27-24)28-18(2)32)11-12-31(17)22-7-9-29(10-8-22)16-19-3-5-20(25)6-4-19/h3-6,13-14,17,22H,7-12,15-16H2,1-2H3,(H,28,32)/t17-/m0/s1. The molecule has 0 spiro atoms. The average molecular weight is 476 g/mol. The highest BCUT2D eigenvalue weighted by atomic mass is 35.5. The number of nitrogens with zero attached hydrogens (tertiary/aromatic N) is 4. The predicted molar refractivity (Wildman–Crippen MR) is 132 cm³/mol. The van der Waals surface area contributed by atoms with E-state index in [0.717, 1.165) is 50.1 Å². The molecule has 0 bridgehead atoms. The second-order valence-electron chi connectivity index (χ2n) is 8.88. The Hall–Kier alpha value is -1.86. The van der Waals surface area contributed by atoms with Gasteiger partial charge in [-0.2, -0.15) is 0 Å². The van der Waals surface area contributed by atoms with Gasteiger partial charge in [0.05, 0.1) is 16.9 Å². The number of carbonyl (C=O) groups is 1. The summed E-state index contributed by atoms with van der Waals surface area (Å²) in [7, 11) is 0. The van der Waals surface area contributed by atoms with Crippen molar-refractivity contribution >= 4 is 40.6 Å². The molecule has 0 radical (unpaired) electrons. The van der Waals surface area contributed by atoms with Crippen LogP contribution in [0.25, 0.3) is 0 Å². The number of nitrogens with one attached hydrogen (secondary N) is 1. The second kappa shape index (κ2) is 10.4. The van der Waals surface area contributed by atoms with Gasteiger partial charge in [0.2, 0.25) is 5.91 Å². The minimum absolute atomic E-state index is 0.128. The Morgan fingerprint density at radius 2 is 1.84 bits per heavy atom. The van der Waals surface area contributed by atoms with Crippen LogP contribution in [0, 0.1) is 0 Å². The minimum Gasteiger partial charge on any atom is -0.353 e. The Morgan fingerprint density at radius 3 is 2.47 bits per heavy atom. The number of likely N-dealkylation sites (tertiary alicyclic amines) is 1. The molecule has 2 saturated heterocycles. The van der Waals surface area contributed by atoms with Gasteiger partial charge >= 0.3 is 0 Å². The van der Waals surface area contributed by atoms with Gasteiger partial charge in [-0.3, -0.25) is 14.6 Å². The van der Waals surface area contributed by atoms with Gasteiger partial charge in [0.25, 0.3) is 0 Å². The van der Waals surface area contributed by atoms with E-state index in [0.29, 0.717) is 22.8 Å². The van der Waals surface area contributed by atoms with Gasteiger partial charge in [-0.15, -0.1) is 0 Å². The summed E-state index contributed by atoms with van der Waals surface area (Å²) in [6.45, 7) is 9.83. The predicted octanol–water partition coefficient (Wildman–Crippen LogP) is 4.52. The molecule has 0 aliphatic carbocycles. The van der Waals surface area contributed by atoms with Gasteiger partial charge in [0, 0.05) is 50.2 Å². The van der Waals surface area contributed by atoms with Crippen molar-refractivity contribution in [3.8, 4) is 0 Å². The molecule has 1 aromatic carbocycles. The summed E-state index contributed by atoms with van der Waals surface area (Å²) < 4.78 is 0. The lowest BCUT2D eigenvalue weighted by atomic mass is 9.99. The number of carbonyl (C=O) groups excluding carboxylic acids is 1. The Kier molecular flexibility index (Phi) is 7.56. The van der Waals surface area contributed by atoms with Crippen molar-refractivity contribution in [2.24, 2.45) is 0 Å². The Labute approximate surface area is 200 Å². The molecule has 1 atom stereocenters. The Morgan fingerprint density at radius 1 is 1.12 bits per heavy atom. The van der Waals surface area contributed by atoms with Crippen LogP contribution < -0.4 is 10.2 Å². The van der Waals surface area contributed by atoms with E-state index in [9.17, 15) is 4.79 Å². The number of aromatic nitrogens is 1. The zero-order valence-electron chi connectivity index (χ0n) is 18.7. The van der Waals surface area contributed by atoms with Crippen molar-refractivity contribution in [2.45, 2.75) is 45.3 Å². The summed E-state index contributed by atoms with van der Waals surface area (Å²) in [5.41, 5.74) is 1.95. The van der Waals surface area contributed by atoms with E-state index in [1.807, 2.05) is 12.1 Å². The van der Waals surface area contributed by atoms with Gasteiger partial charge in [0.15, 0.2) is 0 Å². The van der Waals surface area contributed by atoms with Crippen molar-refractivity contribution in [2.75, 3.05) is 42.9 Å². The molecule has 6 nitrogen and oxygen atoms in total. The average Bonchev–Trinajstić information content (AvgIpc) is 2.76. The van der Waals surface area contributed by atoms with Crippen molar-refractivity contribution in [3.05, 3.63) is 52.1 Å². The first-order chi connectivity index (χ1) is 15.4. The minimum atomic E-state index is -0.128. The summed E-state index contributed by atoms with van der Waals surface area (Å²) in [5.74, 6) is 0.669. The van der Waals surface area contributed by atoms with Crippen LogP contribution in [0.5, 0.6) is 0 Å². The van der Waals surface area contributed by atoms with E-state index in [1.165, 1.54) is 25.3 Å². The number of piperazine rings is 1. The number of hydrogen-bond acceptors (Lipinski definition) is 5. The summed E-state index contributed by atoms with van der Waals surface area (Å²) >= 11 is 12.5. The fourth-order valence-electron chi connectivity index (χ4n) is 4.90. The third-order valence-electron chi connectivity index (χ3n) is 6.47. The molecule has 0 saturated carbocycles. The second-order valence-corrected chi connectivity index (χ2v) is 9.72. The van der Waals surface area contributed by atoms with E-state index in [1.54, 1.807) is 12.3 Å². The van der Waals surface area contributed by atoms with E-state index in [4.69, 9.17) is 23.2 Å². The number of halogens is 2. The molecule has 4 rings (SSSR count). The van der Waals surface area contributed by atoms with Crippen LogP contribution in [0.1, 0.15) is 32.3 Å². The van der Waals surface area contributed by atoms with Crippen LogP contribution in [0.2, 0.25) is 10.0 Å². The monoisotopic (exact) mass is 475 g/mol. The highest BCUT2D eigenvalue weighted by molar-refractivity contribution is 6.33. The number of anilines is 2. The third-order valence-corrected chi connectivity index (χ3v) is 7.00. The molecule has 1 aromatic heterocycles. The molecule has 32 heavy (non-hydrogen) atoms. The molecule has 2 fully saturated rings. The number of hydrogen-bond donors (Lipinski definition) is 1. The normalized spacial score (nSPS) is 21.0.